The molecule has 1 aromatic carbocycles. The molecule has 0 bridgehead atoms. The molecule has 4 N–H and O–H groups in total. The summed E-state index contributed by atoms with van der Waals surface area (Å²) in [5.41, 5.74) is 1.26. The van der Waals surface area contributed by atoms with E-state index < -0.39 is 5.97 Å². The van der Waals surface area contributed by atoms with Gasteiger partial charge < -0.3 is 21.1 Å². The fourth-order valence-corrected chi connectivity index (χ4v) is 1.66. The van der Waals surface area contributed by atoms with Crippen LogP contribution in [0.15, 0.2) is 24.3 Å². The van der Waals surface area contributed by atoms with Crippen molar-refractivity contribution in [3.8, 4) is 0 Å². The van der Waals surface area contributed by atoms with Gasteiger partial charge in [0.1, 0.15) is 0 Å². The van der Waals surface area contributed by atoms with E-state index in [-0.39, 0.29) is 11.6 Å². The van der Waals surface area contributed by atoms with E-state index in [9.17, 15) is 9.59 Å². The average Bonchev–Trinajstić information content (AvgIpc) is 2.44. The van der Waals surface area contributed by atoms with Crippen LogP contribution in [0.5, 0.6) is 0 Å². The molecular formula is C14H21N3O3. The molecule has 0 unspecified atom stereocenters. The minimum atomic E-state index is -0.935. The van der Waals surface area contributed by atoms with Crippen LogP contribution in [0.3, 0.4) is 0 Å². The standard InChI is InChI=1S/C14H21N3O3/c1-15-8-2-9-16-14(20)17-10-7-11-3-5-12(6-4-11)13(18)19/h3-6,15H,2,7-10H2,1H3,(H,18,19)(H2,16,17,20). The van der Waals surface area contributed by atoms with Crippen LogP contribution in [0.4, 0.5) is 4.79 Å². The molecule has 1 rings (SSSR count). The molecule has 0 aliphatic heterocycles. The average molecular weight is 279 g/mol. The molecule has 1 aromatic rings. The van der Waals surface area contributed by atoms with Crippen molar-refractivity contribution in [1.29, 1.82) is 0 Å². The number of benzene rings is 1. The van der Waals surface area contributed by atoms with Gasteiger partial charge in [-0.1, -0.05) is 12.1 Å². The van der Waals surface area contributed by atoms with Crippen LogP contribution >= 0.6 is 0 Å². The molecule has 20 heavy (non-hydrogen) atoms. The maximum atomic E-state index is 11.4. The van der Waals surface area contributed by atoms with Crippen molar-refractivity contribution in [3.05, 3.63) is 35.4 Å². The van der Waals surface area contributed by atoms with Crippen molar-refractivity contribution in [3.63, 3.8) is 0 Å². The SMILES string of the molecule is CNCCCNC(=O)NCCc1ccc(C(=O)O)cc1. The normalized spacial score (nSPS) is 10.1. The van der Waals surface area contributed by atoms with E-state index >= 15 is 0 Å². The number of rotatable bonds is 8. The lowest BCUT2D eigenvalue weighted by molar-refractivity contribution is 0.0697. The van der Waals surface area contributed by atoms with E-state index in [1.54, 1.807) is 24.3 Å². The summed E-state index contributed by atoms with van der Waals surface area (Å²) in [6.07, 6.45) is 1.56. The lowest BCUT2D eigenvalue weighted by Crippen LogP contribution is -2.37. The van der Waals surface area contributed by atoms with Crippen LogP contribution in [0.2, 0.25) is 0 Å². The summed E-state index contributed by atoms with van der Waals surface area (Å²) in [6.45, 7) is 2.03. The van der Waals surface area contributed by atoms with Gasteiger partial charge in [-0.2, -0.15) is 0 Å². The second kappa shape index (κ2) is 8.92. The topological polar surface area (TPSA) is 90.5 Å². The lowest BCUT2D eigenvalue weighted by atomic mass is 10.1. The molecule has 0 saturated carbocycles. The highest BCUT2D eigenvalue weighted by Gasteiger charge is 2.02. The number of urea groups is 1. The van der Waals surface area contributed by atoms with Crippen LogP contribution in [0.25, 0.3) is 0 Å². The van der Waals surface area contributed by atoms with Crippen LogP contribution in [-0.4, -0.2) is 43.8 Å². The maximum Gasteiger partial charge on any atom is 0.335 e. The predicted molar refractivity (Wildman–Crippen MR) is 77.1 cm³/mol. The Balaban J connectivity index is 2.20. The molecular weight excluding hydrogens is 258 g/mol. The zero-order valence-electron chi connectivity index (χ0n) is 11.6. The molecule has 0 saturated heterocycles. The van der Waals surface area contributed by atoms with Gasteiger partial charge in [-0.15, -0.1) is 0 Å². The largest absolute Gasteiger partial charge is 0.478 e. The zero-order chi connectivity index (χ0) is 14.8. The van der Waals surface area contributed by atoms with E-state index in [0.29, 0.717) is 19.5 Å². The van der Waals surface area contributed by atoms with E-state index in [4.69, 9.17) is 5.11 Å². The van der Waals surface area contributed by atoms with Crippen LogP contribution < -0.4 is 16.0 Å². The van der Waals surface area contributed by atoms with E-state index in [1.807, 2.05) is 7.05 Å². The third-order valence-corrected chi connectivity index (χ3v) is 2.79. The fourth-order valence-electron chi connectivity index (χ4n) is 1.66. The molecule has 0 atom stereocenters. The molecule has 0 aliphatic rings. The Hall–Kier alpha value is -2.08. The molecule has 0 heterocycles. The smallest absolute Gasteiger partial charge is 0.335 e. The molecule has 0 aromatic heterocycles. The van der Waals surface area contributed by atoms with Crippen molar-refractivity contribution in [2.45, 2.75) is 12.8 Å². The maximum absolute atomic E-state index is 11.4. The van der Waals surface area contributed by atoms with E-state index in [1.165, 1.54) is 0 Å². The highest BCUT2D eigenvalue weighted by atomic mass is 16.4. The molecule has 2 amide bonds. The third kappa shape index (κ3) is 6.19. The first-order chi connectivity index (χ1) is 9.63. The van der Waals surface area contributed by atoms with Gasteiger partial charge in [0, 0.05) is 13.1 Å². The number of hydrogen-bond donors (Lipinski definition) is 4. The van der Waals surface area contributed by atoms with Gasteiger partial charge in [-0.3, -0.25) is 0 Å². The first-order valence-corrected chi connectivity index (χ1v) is 6.62. The summed E-state index contributed by atoms with van der Waals surface area (Å²) in [6, 6.07) is 6.47. The minimum absolute atomic E-state index is 0.178. The monoisotopic (exact) mass is 279 g/mol. The van der Waals surface area contributed by atoms with Crippen molar-refractivity contribution in [2.24, 2.45) is 0 Å². The zero-order valence-corrected chi connectivity index (χ0v) is 11.6. The quantitative estimate of drug-likeness (QED) is 0.531. The molecule has 6 heteroatoms. The molecule has 0 radical (unpaired) electrons. The summed E-state index contributed by atoms with van der Waals surface area (Å²) in [7, 11) is 1.87. The first-order valence-electron chi connectivity index (χ1n) is 6.62. The van der Waals surface area contributed by atoms with Crippen molar-refractivity contribution in [1.82, 2.24) is 16.0 Å². The number of carbonyl (C=O) groups excluding carboxylic acids is 1. The summed E-state index contributed by atoms with van der Waals surface area (Å²) in [5, 5.41) is 17.3. The second-order valence-corrected chi connectivity index (χ2v) is 4.39. The van der Waals surface area contributed by atoms with Gasteiger partial charge in [-0.05, 0) is 44.1 Å². The summed E-state index contributed by atoms with van der Waals surface area (Å²) in [4.78, 5) is 22.1. The van der Waals surface area contributed by atoms with E-state index in [0.717, 1.165) is 18.5 Å². The second-order valence-electron chi connectivity index (χ2n) is 4.39. The Kier molecular flexibility index (Phi) is 7.13. The molecule has 0 fully saturated rings. The molecule has 6 nitrogen and oxygen atoms in total. The van der Waals surface area contributed by atoms with Crippen LogP contribution in [-0.2, 0) is 6.42 Å². The van der Waals surface area contributed by atoms with Gasteiger partial charge in [0.25, 0.3) is 0 Å². The van der Waals surface area contributed by atoms with Gasteiger partial charge in [0.15, 0.2) is 0 Å². The Morgan fingerprint density at radius 1 is 1.05 bits per heavy atom. The summed E-state index contributed by atoms with van der Waals surface area (Å²) < 4.78 is 0. The van der Waals surface area contributed by atoms with Crippen LogP contribution in [0, 0.1) is 0 Å². The number of carbonyl (C=O) groups is 2. The highest BCUT2D eigenvalue weighted by molar-refractivity contribution is 5.87. The Morgan fingerprint density at radius 2 is 1.70 bits per heavy atom. The Morgan fingerprint density at radius 3 is 2.30 bits per heavy atom. The number of amides is 2. The minimum Gasteiger partial charge on any atom is -0.478 e. The summed E-state index contributed by atoms with van der Waals surface area (Å²) in [5.74, 6) is -0.935. The van der Waals surface area contributed by atoms with Crippen molar-refractivity contribution >= 4 is 12.0 Å². The number of nitrogens with one attached hydrogen (secondary N) is 3. The van der Waals surface area contributed by atoms with Crippen LogP contribution in [0.1, 0.15) is 22.3 Å². The number of carboxylic acids is 1. The lowest BCUT2D eigenvalue weighted by Gasteiger charge is -2.07. The van der Waals surface area contributed by atoms with Gasteiger partial charge in [-0.25, -0.2) is 9.59 Å². The Bertz CT molecular complexity index is 432. The molecule has 0 aliphatic carbocycles. The van der Waals surface area contributed by atoms with E-state index in [2.05, 4.69) is 16.0 Å². The number of carboxylic acid groups (broad SMARTS) is 1. The molecule has 110 valence electrons. The Labute approximate surface area is 118 Å². The predicted octanol–water partition coefficient (Wildman–Crippen LogP) is 0.836. The van der Waals surface area contributed by atoms with Gasteiger partial charge in [0.05, 0.1) is 5.56 Å². The number of aromatic carboxylic acids is 1. The third-order valence-electron chi connectivity index (χ3n) is 2.79. The highest BCUT2D eigenvalue weighted by Crippen LogP contribution is 2.04. The van der Waals surface area contributed by atoms with Gasteiger partial charge in [0.2, 0.25) is 0 Å². The summed E-state index contributed by atoms with van der Waals surface area (Å²) >= 11 is 0. The van der Waals surface area contributed by atoms with Crippen molar-refractivity contribution in [2.75, 3.05) is 26.7 Å². The first kappa shape index (κ1) is 16.0. The van der Waals surface area contributed by atoms with Gasteiger partial charge >= 0.3 is 12.0 Å². The van der Waals surface area contributed by atoms with Crippen molar-refractivity contribution < 1.29 is 14.7 Å². The number of hydrogen-bond acceptors (Lipinski definition) is 3. The molecule has 0 spiro atoms. The fraction of sp³-hybridized carbons (Fsp3) is 0.429.